The molecule has 1 aliphatic carbocycles. The number of nitrogens with one attached hydrogen (secondary N) is 2. The van der Waals surface area contributed by atoms with Crippen LogP contribution in [-0.2, 0) is 13.6 Å². The van der Waals surface area contributed by atoms with Crippen LogP contribution in [0.3, 0.4) is 0 Å². The highest BCUT2D eigenvalue weighted by atomic mass is 32.1. The van der Waals surface area contributed by atoms with Crippen LogP contribution in [-0.4, -0.2) is 20.9 Å². The van der Waals surface area contributed by atoms with Gasteiger partial charge < -0.3 is 10.6 Å². The molecule has 2 rings (SSSR count). The highest BCUT2D eigenvalue weighted by Gasteiger charge is 2.14. The van der Waals surface area contributed by atoms with E-state index in [2.05, 4.69) is 22.7 Å². The summed E-state index contributed by atoms with van der Waals surface area (Å²) in [6, 6.07) is 0.560. The molecule has 106 valence electrons. The van der Waals surface area contributed by atoms with Gasteiger partial charge in [0.2, 0.25) is 0 Å². The summed E-state index contributed by atoms with van der Waals surface area (Å²) in [5.74, 6) is 0. The molecule has 0 aliphatic heterocycles. The molecule has 19 heavy (non-hydrogen) atoms. The monoisotopic (exact) mass is 280 g/mol. The van der Waals surface area contributed by atoms with Crippen molar-refractivity contribution in [1.29, 1.82) is 0 Å². The number of hydrogen-bond donors (Lipinski definition) is 2. The van der Waals surface area contributed by atoms with Gasteiger partial charge in [-0.25, -0.2) is 0 Å². The molecule has 1 aromatic rings. The zero-order valence-electron chi connectivity index (χ0n) is 12.1. The summed E-state index contributed by atoms with van der Waals surface area (Å²) >= 11 is 5.38. The normalized spacial score (nSPS) is 16.4. The van der Waals surface area contributed by atoms with Crippen molar-refractivity contribution >= 4 is 17.3 Å². The Morgan fingerprint density at radius 2 is 2.00 bits per heavy atom. The zero-order valence-corrected chi connectivity index (χ0v) is 12.9. The van der Waals surface area contributed by atoms with E-state index in [1.807, 2.05) is 18.7 Å². The third-order valence-corrected chi connectivity index (χ3v) is 4.29. The Balaban J connectivity index is 1.82. The summed E-state index contributed by atoms with van der Waals surface area (Å²) in [4.78, 5) is 0. The first-order valence-corrected chi connectivity index (χ1v) is 7.52. The van der Waals surface area contributed by atoms with Crippen LogP contribution in [0, 0.1) is 13.8 Å². The molecule has 1 saturated carbocycles. The average molecular weight is 280 g/mol. The van der Waals surface area contributed by atoms with Crippen LogP contribution in [0.15, 0.2) is 0 Å². The number of thiocarbonyl (C=S) groups is 1. The fraction of sp³-hybridized carbons (Fsp3) is 0.714. The SMILES string of the molecule is Cc1nn(C)c(C)c1CNC(=S)NC1CCCCC1. The Hall–Kier alpha value is -1.10. The third-order valence-electron chi connectivity index (χ3n) is 4.02. The second-order valence-corrected chi connectivity index (χ2v) is 5.84. The molecule has 2 N–H and O–H groups in total. The van der Waals surface area contributed by atoms with Crippen molar-refractivity contribution in [2.75, 3.05) is 0 Å². The molecule has 0 radical (unpaired) electrons. The average Bonchev–Trinajstić information content (AvgIpc) is 2.62. The Bertz CT molecular complexity index is 447. The molecule has 0 spiro atoms. The molecule has 0 saturated heterocycles. The summed E-state index contributed by atoms with van der Waals surface area (Å²) in [6.07, 6.45) is 6.49. The highest BCUT2D eigenvalue weighted by molar-refractivity contribution is 7.80. The van der Waals surface area contributed by atoms with Crippen molar-refractivity contribution in [3.63, 3.8) is 0 Å². The van der Waals surface area contributed by atoms with Crippen molar-refractivity contribution in [2.24, 2.45) is 7.05 Å². The minimum absolute atomic E-state index is 0.560. The summed E-state index contributed by atoms with van der Waals surface area (Å²) in [7, 11) is 1.98. The topological polar surface area (TPSA) is 41.9 Å². The van der Waals surface area contributed by atoms with Crippen LogP contribution in [0.4, 0.5) is 0 Å². The number of aromatic nitrogens is 2. The maximum Gasteiger partial charge on any atom is 0.166 e. The van der Waals surface area contributed by atoms with Gasteiger partial charge >= 0.3 is 0 Å². The Labute approximate surface area is 121 Å². The fourth-order valence-corrected chi connectivity index (χ4v) is 2.96. The second-order valence-electron chi connectivity index (χ2n) is 5.43. The third kappa shape index (κ3) is 3.69. The molecular weight excluding hydrogens is 256 g/mol. The van der Waals surface area contributed by atoms with Gasteiger partial charge in [-0.3, -0.25) is 4.68 Å². The first-order valence-electron chi connectivity index (χ1n) is 7.11. The smallest absolute Gasteiger partial charge is 0.166 e. The van der Waals surface area contributed by atoms with Crippen molar-refractivity contribution in [1.82, 2.24) is 20.4 Å². The first kappa shape index (κ1) is 14.3. The predicted molar refractivity (Wildman–Crippen MR) is 82.1 cm³/mol. The van der Waals surface area contributed by atoms with Crippen LogP contribution >= 0.6 is 12.2 Å². The molecule has 4 nitrogen and oxygen atoms in total. The highest BCUT2D eigenvalue weighted by Crippen LogP contribution is 2.17. The molecule has 5 heteroatoms. The maximum atomic E-state index is 5.38. The number of nitrogens with zero attached hydrogens (tertiary/aromatic N) is 2. The van der Waals surface area contributed by atoms with Gasteiger partial charge in [0, 0.05) is 30.9 Å². The lowest BCUT2D eigenvalue weighted by Gasteiger charge is -2.24. The number of hydrogen-bond acceptors (Lipinski definition) is 2. The molecule has 0 aromatic carbocycles. The zero-order chi connectivity index (χ0) is 13.8. The van der Waals surface area contributed by atoms with E-state index in [0.717, 1.165) is 17.4 Å². The van der Waals surface area contributed by atoms with E-state index in [1.54, 1.807) is 0 Å². The van der Waals surface area contributed by atoms with Gasteiger partial charge in [0.1, 0.15) is 0 Å². The van der Waals surface area contributed by atoms with E-state index in [1.165, 1.54) is 43.4 Å². The standard InChI is InChI=1S/C14H24N4S/c1-10-13(11(2)18(3)17-10)9-15-14(19)16-12-7-5-4-6-8-12/h12H,4-9H2,1-3H3,(H2,15,16,19). The molecule has 0 unspecified atom stereocenters. The summed E-state index contributed by atoms with van der Waals surface area (Å²) < 4.78 is 1.92. The lowest BCUT2D eigenvalue weighted by Crippen LogP contribution is -2.42. The quantitative estimate of drug-likeness (QED) is 0.834. The van der Waals surface area contributed by atoms with Crippen molar-refractivity contribution < 1.29 is 0 Å². The lowest BCUT2D eigenvalue weighted by atomic mass is 9.96. The summed E-state index contributed by atoms with van der Waals surface area (Å²) in [5.41, 5.74) is 3.52. The minimum Gasteiger partial charge on any atom is -0.360 e. The van der Waals surface area contributed by atoms with Gasteiger partial charge in [0.25, 0.3) is 0 Å². The van der Waals surface area contributed by atoms with Crippen molar-refractivity contribution in [3.8, 4) is 0 Å². The molecule has 1 heterocycles. The minimum atomic E-state index is 0.560. The Morgan fingerprint density at radius 3 is 2.58 bits per heavy atom. The Kier molecular flexibility index (Phi) is 4.80. The van der Waals surface area contributed by atoms with Gasteiger partial charge in [-0.05, 0) is 38.9 Å². The van der Waals surface area contributed by atoms with Gasteiger partial charge in [0.05, 0.1) is 5.69 Å². The molecule has 0 atom stereocenters. The van der Waals surface area contributed by atoms with Crippen molar-refractivity contribution in [3.05, 3.63) is 17.0 Å². The van der Waals surface area contributed by atoms with E-state index < -0.39 is 0 Å². The number of aryl methyl sites for hydroxylation is 2. The van der Waals surface area contributed by atoms with Crippen LogP contribution in [0.2, 0.25) is 0 Å². The van der Waals surface area contributed by atoms with Crippen LogP contribution < -0.4 is 10.6 Å². The van der Waals surface area contributed by atoms with Gasteiger partial charge in [-0.15, -0.1) is 0 Å². The van der Waals surface area contributed by atoms with E-state index >= 15 is 0 Å². The van der Waals surface area contributed by atoms with Crippen LogP contribution in [0.25, 0.3) is 0 Å². The fourth-order valence-electron chi connectivity index (χ4n) is 2.73. The Morgan fingerprint density at radius 1 is 1.32 bits per heavy atom. The first-order chi connectivity index (χ1) is 9.08. The molecule has 1 aromatic heterocycles. The lowest BCUT2D eigenvalue weighted by molar-refractivity contribution is 0.412. The van der Waals surface area contributed by atoms with Crippen molar-refractivity contribution in [2.45, 2.75) is 58.5 Å². The largest absolute Gasteiger partial charge is 0.360 e. The van der Waals surface area contributed by atoms with Gasteiger partial charge in [-0.1, -0.05) is 19.3 Å². The molecule has 1 aliphatic rings. The van der Waals surface area contributed by atoms with E-state index in [0.29, 0.717) is 6.04 Å². The summed E-state index contributed by atoms with van der Waals surface area (Å²) in [6.45, 7) is 4.89. The maximum absolute atomic E-state index is 5.38. The van der Waals surface area contributed by atoms with Crippen LogP contribution in [0.5, 0.6) is 0 Å². The molecule has 0 bridgehead atoms. The molecule has 0 amide bonds. The van der Waals surface area contributed by atoms with E-state index in [9.17, 15) is 0 Å². The molecular formula is C14H24N4S. The summed E-state index contributed by atoms with van der Waals surface area (Å²) in [5, 5.41) is 11.9. The van der Waals surface area contributed by atoms with Gasteiger partial charge in [0.15, 0.2) is 5.11 Å². The van der Waals surface area contributed by atoms with E-state index in [-0.39, 0.29) is 0 Å². The second kappa shape index (κ2) is 6.37. The molecule has 1 fully saturated rings. The van der Waals surface area contributed by atoms with Crippen LogP contribution in [0.1, 0.15) is 49.1 Å². The van der Waals surface area contributed by atoms with E-state index in [4.69, 9.17) is 12.2 Å². The van der Waals surface area contributed by atoms with Gasteiger partial charge in [-0.2, -0.15) is 5.10 Å². The predicted octanol–water partition coefficient (Wildman–Crippen LogP) is 2.33. The number of rotatable bonds is 3.